The van der Waals surface area contributed by atoms with E-state index in [4.69, 9.17) is 0 Å². The molecule has 0 saturated carbocycles. The SMILES string of the molecule is O=NCC(=O)Nc1cc(Br)ccc1Br. The van der Waals surface area contributed by atoms with Crippen LogP contribution in [0.3, 0.4) is 0 Å². The van der Waals surface area contributed by atoms with Gasteiger partial charge in [0.1, 0.15) is 0 Å². The van der Waals surface area contributed by atoms with E-state index < -0.39 is 5.91 Å². The molecule has 0 saturated heterocycles. The Morgan fingerprint density at radius 2 is 2.14 bits per heavy atom. The molecular weight excluding hydrogens is 316 g/mol. The molecule has 6 heteroatoms. The summed E-state index contributed by atoms with van der Waals surface area (Å²) in [5.74, 6) is -0.432. The van der Waals surface area contributed by atoms with E-state index in [9.17, 15) is 9.70 Å². The summed E-state index contributed by atoms with van der Waals surface area (Å²) in [4.78, 5) is 20.9. The fraction of sp³-hybridized carbons (Fsp3) is 0.125. The second kappa shape index (κ2) is 5.21. The summed E-state index contributed by atoms with van der Waals surface area (Å²) >= 11 is 6.53. The summed E-state index contributed by atoms with van der Waals surface area (Å²) < 4.78 is 1.59. The number of hydrogen-bond acceptors (Lipinski definition) is 3. The normalized spacial score (nSPS) is 9.57. The molecule has 0 radical (unpaired) electrons. The molecule has 0 atom stereocenters. The Morgan fingerprint density at radius 3 is 2.79 bits per heavy atom. The van der Waals surface area contributed by atoms with Gasteiger partial charge in [-0.15, -0.1) is 0 Å². The molecule has 0 unspecified atom stereocenters. The average molecular weight is 322 g/mol. The monoisotopic (exact) mass is 320 g/mol. The van der Waals surface area contributed by atoms with E-state index in [2.05, 4.69) is 42.4 Å². The van der Waals surface area contributed by atoms with Crippen LogP contribution < -0.4 is 5.32 Å². The van der Waals surface area contributed by atoms with Crippen molar-refractivity contribution >= 4 is 43.5 Å². The third-order valence-electron chi connectivity index (χ3n) is 1.41. The van der Waals surface area contributed by atoms with Crippen LogP contribution in [0.4, 0.5) is 5.69 Å². The van der Waals surface area contributed by atoms with Crippen molar-refractivity contribution in [1.29, 1.82) is 0 Å². The van der Waals surface area contributed by atoms with Gasteiger partial charge in [0.15, 0.2) is 6.54 Å². The Hall–Kier alpha value is -0.750. The Balaban J connectivity index is 2.80. The Morgan fingerprint density at radius 1 is 1.43 bits per heavy atom. The van der Waals surface area contributed by atoms with Gasteiger partial charge in [-0.1, -0.05) is 21.1 Å². The molecule has 4 nitrogen and oxygen atoms in total. The van der Waals surface area contributed by atoms with Crippen LogP contribution in [0.15, 0.2) is 32.3 Å². The van der Waals surface area contributed by atoms with Crippen LogP contribution in [0, 0.1) is 4.91 Å². The minimum absolute atomic E-state index is 0.376. The number of amides is 1. The van der Waals surface area contributed by atoms with E-state index in [0.29, 0.717) is 5.69 Å². The van der Waals surface area contributed by atoms with Gasteiger partial charge in [0.05, 0.1) is 5.69 Å². The van der Waals surface area contributed by atoms with Gasteiger partial charge in [-0.3, -0.25) is 4.79 Å². The summed E-state index contributed by atoms with van der Waals surface area (Å²) in [5.41, 5.74) is 0.605. The lowest BCUT2D eigenvalue weighted by Crippen LogP contribution is -2.14. The molecule has 74 valence electrons. The maximum Gasteiger partial charge on any atom is 0.249 e. The lowest BCUT2D eigenvalue weighted by molar-refractivity contribution is -0.114. The molecule has 1 aromatic carbocycles. The molecule has 1 aromatic rings. The maximum absolute atomic E-state index is 11.0. The van der Waals surface area contributed by atoms with Gasteiger partial charge >= 0.3 is 0 Å². The molecule has 0 spiro atoms. The number of anilines is 1. The highest BCUT2D eigenvalue weighted by Gasteiger charge is 2.05. The van der Waals surface area contributed by atoms with E-state index in [1.807, 2.05) is 6.07 Å². The van der Waals surface area contributed by atoms with E-state index in [1.54, 1.807) is 12.1 Å². The zero-order chi connectivity index (χ0) is 10.6. The zero-order valence-electron chi connectivity index (χ0n) is 6.96. The summed E-state index contributed by atoms with van der Waals surface area (Å²) in [5, 5.41) is 5.04. The van der Waals surface area contributed by atoms with Crippen LogP contribution >= 0.6 is 31.9 Å². The minimum Gasteiger partial charge on any atom is -0.323 e. The summed E-state index contributed by atoms with van der Waals surface area (Å²) in [6.07, 6.45) is 0. The van der Waals surface area contributed by atoms with Crippen molar-refractivity contribution in [3.05, 3.63) is 32.1 Å². The first kappa shape index (κ1) is 11.3. The highest BCUT2D eigenvalue weighted by molar-refractivity contribution is 9.11. The number of carbonyl (C=O) groups is 1. The van der Waals surface area contributed by atoms with E-state index in [0.717, 1.165) is 8.95 Å². The fourth-order valence-corrected chi connectivity index (χ4v) is 1.55. The summed E-state index contributed by atoms with van der Waals surface area (Å²) in [6.45, 7) is -0.376. The van der Waals surface area contributed by atoms with E-state index in [1.165, 1.54) is 0 Å². The van der Waals surface area contributed by atoms with Crippen LogP contribution in [0.5, 0.6) is 0 Å². The van der Waals surface area contributed by atoms with Crippen LogP contribution in [0.25, 0.3) is 0 Å². The molecule has 1 amide bonds. The Kier molecular flexibility index (Phi) is 4.21. The van der Waals surface area contributed by atoms with Gasteiger partial charge in [0.2, 0.25) is 5.91 Å². The van der Waals surface area contributed by atoms with Gasteiger partial charge in [-0.25, -0.2) is 0 Å². The average Bonchev–Trinajstić information content (AvgIpc) is 2.12. The smallest absolute Gasteiger partial charge is 0.249 e. The number of carbonyl (C=O) groups excluding carboxylic acids is 1. The van der Waals surface area contributed by atoms with Gasteiger partial charge < -0.3 is 5.32 Å². The number of benzene rings is 1. The third-order valence-corrected chi connectivity index (χ3v) is 2.60. The molecule has 0 aliphatic carbocycles. The quantitative estimate of drug-likeness (QED) is 0.870. The predicted octanol–water partition coefficient (Wildman–Crippen LogP) is 2.92. The first-order chi connectivity index (χ1) is 6.63. The fourth-order valence-electron chi connectivity index (χ4n) is 0.842. The van der Waals surface area contributed by atoms with E-state index >= 15 is 0 Å². The highest BCUT2D eigenvalue weighted by Crippen LogP contribution is 2.25. The number of halogens is 2. The predicted molar refractivity (Wildman–Crippen MR) is 61.1 cm³/mol. The van der Waals surface area contributed by atoms with Crippen LogP contribution in [-0.2, 0) is 4.79 Å². The lowest BCUT2D eigenvalue weighted by Gasteiger charge is -2.05. The molecule has 0 fully saturated rings. The molecule has 0 aliphatic rings. The largest absolute Gasteiger partial charge is 0.323 e. The van der Waals surface area contributed by atoms with Crippen molar-refractivity contribution in [2.24, 2.45) is 5.18 Å². The molecule has 0 aromatic heterocycles. The maximum atomic E-state index is 11.0. The van der Waals surface area contributed by atoms with Crippen molar-refractivity contribution in [3.8, 4) is 0 Å². The van der Waals surface area contributed by atoms with Crippen LogP contribution in [-0.4, -0.2) is 12.5 Å². The second-order valence-corrected chi connectivity index (χ2v) is 4.23. The molecular formula is C8H6Br2N2O2. The minimum atomic E-state index is -0.432. The van der Waals surface area contributed by atoms with Crippen molar-refractivity contribution in [2.45, 2.75) is 0 Å². The van der Waals surface area contributed by atoms with Gasteiger partial charge in [-0.2, -0.15) is 4.91 Å². The summed E-state index contributed by atoms with van der Waals surface area (Å²) in [6, 6.07) is 5.35. The van der Waals surface area contributed by atoms with Crippen molar-refractivity contribution < 1.29 is 4.79 Å². The first-order valence-corrected chi connectivity index (χ1v) is 5.26. The number of hydrogen-bond donors (Lipinski definition) is 1. The standard InChI is InChI=1S/C8H6Br2N2O2/c9-5-1-2-6(10)7(3-5)12-8(13)4-11-14/h1-3H,4H2,(H,12,13). The van der Waals surface area contributed by atoms with Crippen LogP contribution in [0.1, 0.15) is 0 Å². The van der Waals surface area contributed by atoms with Crippen molar-refractivity contribution in [3.63, 3.8) is 0 Å². The van der Waals surface area contributed by atoms with E-state index in [-0.39, 0.29) is 6.54 Å². The zero-order valence-corrected chi connectivity index (χ0v) is 10.1. The highest BCUT2D eigenvalue weighted by atomic mass is 79.9. The number of rotatable bonds is 3. The van der Waals surface area contributed by atoms with Gasteiger partial charge in [0.25, 0.3) is 0 Å². The molecule has 1 rings (SSSR count). The molecule has 1 N–H and O–H groups in total. The Labute approximate surface area is 97.3 Å². The number of nitroso groups, excluding NO2 is 1. The van der Waals surface area contributed by atoms with Gasteiger partial charge in [-0.05, 0) is 34.1 Å². The molecule has 14 heavy (non-hydrogen) atoms. The molecule has 0 bridgehead atoms. The molecule has 0 aliphatic heterocycles. The first-order valence-electron chi connectivity index (χ1n) is 3.67. The van der Waals surface area contributed by atoms with Crippen LogP contribution in [0.2, 0.25) is 0 Å². The van der Waals surface area contributed by atoms with Gasteiger partial charge in [0, 0.05) is 8.95 Å². The summed E-state index contributed by atoms with van der Waals surface area (Å²) in [7, 11) is 0. The lowest BCUT2D eigenvalue weighted by atomic mass is 10.3. The number of nitrogens with one attached hydrogen (secondary N) is 1. The Bertz CT molecular complexity index is 368. The third kappa shape index (κ3) is 3.19. The topological polar surface area (TPSA) is 58.5 Å². The molecule has 0 heterocycles. The number of nitrogens with zero attached hydrogens (tertiary/aromatic N) is 1. The van der Waals surface area contributed by atoms with Crippen molar-refractivity contribution in [1.82, 2.24) is 0 Å². The van der Waals surface area contributed by atoms with Crippen molar-refractivity contribution in [2.75, 3.05) is 11.9 Å². The second-order valence-electron chi connectivity index (χ2n) is 2.46.